The third kappa shape index (κ3) is 3.70. The van der Waals surface area contributed by atoms with Crippen molar-refractivity contribution >= 4 is 21.4 Å². The molecule has 0 aliphatic rings. The lowest BCUT2D eigenvalue weighted by atomic mass is 10.1. The molecular weight excluding hydrogens is 352 g/mol. The summed E-state index contributed by atoms with van der Waals surface area (Å²) in [4.78, 5) is 0. The Labute approximate surface area is 135 Å². The molecule has 0 N–H and O–H groups in total. The van der Waals surface area contributed by atoms with Gasteiger partial charge >= 0.3 is 0 Å². The van der Waals surface area contributed by atoms with Gasteiger partial charge in [-0.25, -0.2) is 17.2 Å². The fourth-order valence-electron chi connectivity index (χ4n) is 1.70. The van der Waals surface area contributed by atoms with E-state index in [0.29, 0.717) is 11.5 Å². The summed E-state index contributed by atoms with van der Waals surface area (Å²) in [6.07, 6.45) is 1.02. The highest BCUT2D eigenvalue weighted by Crippen LogP contribution is 2.32. The fraction of sp³-hybridized carbons (Fsp3) is 0.308. The van der Waals surface area contributed by atoms with Crippen molar-refractivity contribution in [1.29, 1.82) is 0 Å². The Morgan fingerprint density at radius 1 is 1.13 bits per heavy atom. The van der Waals surface area contributed by atoms with Gasteiger partial charge in [0.15, 0.2) is 33.0 Å². The molecule has 0 spiro atoms. The average Bonchev–Trinajstić information content (AvgIpc) is 2.96. The molecule has 0 amide bonds. The van der Waals surface area contributed by atoms with Crippen molar-refractivity contribution in [3.8, 4) is 17.4 Å². The standard InChI is InChI=1S/C13H13F2NO5S2/c1-19-8-4-9(20-2)13(15)7(12(8)14)6-21-10-5-11(22-16-10)23(3,17)18/h4-5H,6H2,1-3H3. The first-order chi connectivity index (χ1) is 10.8. The van der Waals surface area contributed by atoms with Crippen LogP contribution < -0.4 is 14.2 Å². The van der Waals surface area contributed by atoms with Gasteiger partial charge in [0.25, 0.3) is 0 Å². The molecule has 0 saturated heterocycles. The van der Waals surface area contributed by atoms with E-state index < -0.39 is 33.6 Å². The summed E-state index contributed by atoms with van der Waals surface area (Å²) in [6, 6.07) is 2.27. The lowest BCUT2D eigenvalue weighted by Crippen LogP contribution is -2.06. The second kappa shape index (κ2) is 6.67. The maximum Gasteiger partial charge on any atom is 0.226 e. The van der Waals surface area contributed by atoms with Crippen molar-refractivity contribution in [3.05, 3.63) is 29.3 Å². The minimum absolute atomic E-state index is 0.00309. The summed E-state index contributed by atoms with van der Waals surface area (Å²) in [7, 11) is -0.944. The summed E-state index contributed by atoms with van der Waals surface area (Å²) < 4.78 is 69.6. The van der Waals surface area contributed by atoms with Crippen LogP contribution in [0.4, 0.5) is 8.78 Å². The van der Waals surface area contributed by atoms with Gasteiger partial charge in [-0.1, -0.05) is 0 Å². The first kappa shape index (κ1) is 17.4. The lowest BCUT2D eigenvalue weighted by molar-refractivity contribution is 0.275. The Kier molecular flexibility index (Phi) is 5.05. The largest absolute Gasteiger partial charge is 0.494 e. The molecule has 6 nitrogen and oxygen atoms in total. The van der Waals surface area contributed by atoms with E-state index in [9.17, 15) is 17.2 Å². The summed E-state index contributed by atoms with van der Waals surface area (Å²) >= 11 is 0.715. The zero-order valence-corrected chi connectivity index (χ0v) is 14.1. The van der Waals surface area contributed by atoms with Crippen LogP contribution in [0.1, 0.15) is 5.56 Å². The predicted molar refractivity (Wildman–Crippen MR) is 79.0 cm³/mol. The van der Waals surface area contributed by atoms with E-state index in [1.807, 2.05) is 0 Å². The highest BCUT2D eigenvalue weighted by molar-refractivity contribution is 7.92. The van der Waals surface area contributed by atoms with Gasteiger partial charge in [-0.2, -0.15) is 4.37 Å². The van der Waals surface area contributed by atoms with Gasteiger partial charge in [-0.05, 0) is 11.5 Å². The van der Waals surface area contributed by atoms with Crippen LogP contribution in [0.25, 0.3) is 0 Å². The number of ether oxygens (including phenoxy) is 3. The number of benzene rings is 1. The number of aromatic nitrogens is 1. The number of sulfone groups is 1. The van der Waals surface area contributed by atoms with Crippen LogP contribution in [-0.2, 0) is 16.4 Å². The molecule has 23 heavy (non-hydrogen) atoms. The van der Waals surface area contributed by atoms with Crippen LogP contribution in [0.2, 0.25) is 0 Å². The molecule has 0 fully saturated rings. The van der Waals surface area contributed by atoms with Crippen molar-refractivity contribution in [2.45, 2.75) is 10.8 Å². The van der Waals surface area contributed by atoms with Crippen molar-refractivity contribution in [1.82, 2.24) is 4.37 Å². The van der Waals surface area contributed by atoms with E-state index >= 15 is 0 Å². The highest BCUT2D eigenvalue weighted by atomic mass is 32.2. The second-order valence-corrected chi connectivity index (χ2v) is 7.48. The minimum Gasteiger partial charge on any atom is -0.494 e. The molecule has 0 aliphatic carbocycles. The smallest absolute Gasteiger partial charge is 0.226 e. The highest BCUT2D eigenvalue weighted by Gasteiger charge is 2.21. The normalized spacial score (nSPS) is 11.3. The van der Waals surface area contributed by atoms with E-state index in [0.717, 1.165) is 12.3 Å². The Hall–Kier alpha value is -1.94. The molecule has 0 aliphatic heterocycles. The zero-order chi connectivity index (χ0) is 17.2. The summed E-state index contributed by atoms with van der Waals surface area (Å²) in [5.74, 6) is -2.29. The molecule has 0 radical (unpaired) electrons. The van der Waals surface area contributed by atoms with Crippen LogP contribution in [0.15, 0.2) is 16.3 Å². The van der Waals surface area contributed by atoms with Crippen molar-refractivity contribution in [2.24, 2.45) is 0 Å². The lowest BCUT2D eigenvalue weighted by Gasteiger charge is -2.12. The van der Waals surface area contributed by atoms with Crippen LogP contribution in [0.5, 0.6) is 17.4 Å². The van der Waals surface area contributed by atoms with E-state index in [1.165, 1.54) is 20.3 Å². The summed E-state index contributed by atoms with van der Waals surface area (Å²) in [5, 5.41) is 0. The van der Waals surface area contributed by atoms with Gasteiger partial charge < -0.3 is 14.2 Å². The van der Waals surface area contributed by atoms with E-state index in [1.54, 1.807) is 0 Å². The monoisotopic (exact) mass is 365 g/mol. The SMILES string of the molecule is COc1cc(OC)c(F)c(COc2cc(S(C)(=O)=O)sn2)c1F. The van der Waals surface area contributed by atoms with Gasteiger partial charge in [0.05, 0.1) is 19.8 Å². The van der Waals surface area contributed by atoms with E-state index in [2.05, 4.69) is 4.37 Å². The minimum atomic E-state index is -3.41. The van der Waals surface area contributed by atoms with Crippen molar-refractivity contribution in [2.75, 3.05) is 20.5 Å². The second-order valence-electron chi connectivity index (χ2n) is 4.43. The van der Waals surface area contributed by atoms with Gasteiger partial charge in [-0.3, -0.25) is 0 Å². The van der Waals surface area contributed by atoms with Crippen LogP contribution in [-0.4, -0.2) is 33.3 Å². The quantitative estimate of drug-likeness (QED) is 0.783. The molecule has 2 aromatic rings. The van der Waals surface area contributed by atoms with Crippen molar-refractivity contribution in [3.63, 3.8) is 0 Å². The summed E-state index contributed by atoms with van der Waals surface area (Å²) in [6.45, 7) is -0.502. The molecule has 1 heterocycles. The maximum atomic E-state index is 14.1. The molecule has 1 aromatic carbocycles. The Morgan fingerprint density at radius 2 is 1.70 bits per heavy atom. The van der Waals surface area contributed by atoms with Crippen LogP contribution >= 0.6 is 11.5 Å². The molecular formula is C13H13F2NO5S2. The van der Waals surface area contributed by atoms with E-state index in [-0.39, 0.29) is 21.6 Å². The third-order valence-corrected chi connectivity index (χ3v) is 5.41. The zero-order valence-electron chi connectivity index (χ0n) is 12.4. The van der Waals surface area contributed by atoms with Gasteiger partial charge in [-0.15, -0.1) is 0 Å². The van der Waals surface area contributed by atoms with Gasteiger partial charge in [0, 0.05) is 18.4 Å². The molecule has 0 saturated carbocycles. The number of halogens is 2. The number of methoxy groups -OCH3 is 2. The molecule has 0 atom stereocenters. The molecule has 10 heteroatoms. The molecule has 0 bridgehead atoms. The Bertz CT molecular complexity index is 792. The first-order valence-corrected chi connectivity index (χ1v) is 8.82. The molecule has 126 valence electrons. The Morgan fingerprint density at radius 3 is 2.13 bits per heavy atom. The third-order valence-electron chi connectivity index (χ3n) is 2.86. The number of rotatable bonds is 6. The molecule has 0 unspecified atom stereocenters. The topological polar surface area (TPSA) is 74.7 Å². The van der Waals surface area contributed by atoms with E-state index in [4.69, 9.17) is 14.2 Å². The Balaban J connectivity index is 2.28. The molecule has 1 aromatic heterocycles. The van der Waals surface area contributed by atoms with Gasteiger partial charge in [0.2, 0.25) is 5.88 Å². The van der Waals surface area contributed by atoms with Gasteiger partial charge in [0.1, 0.15) is 10.8 Å². The number of hydrogen-bond donors (Lipinski definition) is 0. The van der Waals surface area contributed by atoms with Crippen LogP contribution in [0.3, 0.4) is 0 Å². The van der Waals surface area contributed by atoms with Crippen molar-refractivity contribution < 1.29 is 31.4 Å². The number of nitrogens with zero attached hydrogens (tertiary/aromatic N) is 1. The number of hydrogen-bond acceptors (Lipinski definition) is 7. The first-order valence-electron chi connectivity index (χ1n) is 6.16. The summed E-state index contributed by atoms with van der Waals surface area (Å²) in [5.41, 5.74) is -0.407. The predicted octanol–water partition coefficient (Wildman–Crippen LogP) is 2.42. The average molecular weight is 365 g/mol. The fourth-order valence-corrected chi connectivity index (χ4v) is 3.10. The maximum absolute atomic E-state index is 14.1. The molecule has 2 rings (SSSR count). The van der Waals surface area contributed by atoms with Crippen LogP contribution in [0, 0.1) is 11.6 Å².